The van der Waals surface area contributed by atoms with Crippen LogP contribution < -0.4 is 0 Å². The minimum absolute atomic E-state index is 0.0529. The predicted molar refractivity (Wildman–Crippen MR) is 51.1 cm³/mol. The zero-order valence-electron chi connectivity index (χ0n) is 6.73. The Bertz CT molecular complexity index is 340. The lowest BCUT2D eigenvalue weighted by atomic mass is 10.3. The van der Waals surface area contributed by atoms with Gasteiger partial charge in [0.2, 0.25) is 0 Å². The van der Waals surface area contributed by atoms with E-state index in [2.05, 4.69) is 4.85 Å². The zero-order valence-corrected chi connectivity index (χ0v) is 7.54. The van der Waals surface area contributed by atoms with Crippen molar-refractivity contribution >= 4 is 23.4 Å². The Labute approximate surface area is 80.2 Å². The van der Waals surface area contributed by atoms with E-state index < -0.39 is 5.97 Å². The highest BCUT2D eigenvalue weighted by molar-refractivity contribution is 8.00. The fourth-order valence-corrected chi connectivity index (χ4v) is 1.38. The number of hydrogen-bond donors (Lipinski definition) is 1. The van der Waals surface area contributed by atoms with E-state index in [0.29, 0.717) is 5.69 Å². The van der Waals surface area contributed by atoms with Crippen LogP contribution in [0.1, 0.15) is 0 Å². The molecule has 3 nitrogen and oxygen atoms in total. The van der Waals surface area contributed by atoms with Crippen LogP contribution in [-0.2, 0) is 4.79 Å². The van der Waals surface area contributed by atoms with Gasteiger partial charge in [0, 0.05) is 4.90 Å². The Morgan fingerprint density at radius 2 is 2.08 bits per heavy atom. The van der Waals surface area contributed by atoms with Crippen molar-refractivity contribution in [3.8, 4) is 0 Å². The smallest absolute Gasteiger partial charge is 0.313 e. The number of rotatable bonds is 3. The molecule has 0 saturated carbocycles. The fraction of sp³-hybridized carbons (Fsp3) is 0.111. The minimum Gasteiger partial charge on any atom is -0.481 e. The largest absolute Gasteiger partial charge is 0.481 e. The van der Waals surface area contributed by atoms with Crippen molar-refractivity contribution in [1.82, 2.24) is 0 Å². The van der Waals surface area contributed by atoms with Gasteiger partial charge in [-0.1, -0.05) is 24.3 Å². The summed E-state index contributed by atoms with van der Waals surface area (Å²) in [5.74, 6) is -0.781. The van der Waals surface area contributed by atoms with E-state index >= 15 is 0 Å². The molecule has 0 fully saturated rings. The van der Waals surface area contributed by atoms with Gasteiger partial charge in [-0.05, 0) is 0 Å². The third kappa shape index (κ3) is 3.18. The first-order valence-corrected chi connectivity index (χ1v) is 4.53. The lowest BCUT2D eigenvalue weighted by Gasteiger charge is -1.97. The van der Waals surface area contributed by atoms with Gasteiger partial charge in [-0.2, -0.15) is 0 Å². The van der Waals surface area contributed by atoms with Crippen LogP contribution in [0.5, 0.6) is 0 Å². The standard InChI is InChI=1S/C9H7NO2S/c1-10-7-2-4-8(5-3-7)13-6-9(11)12/h2-5H,6H2,(H,11,12). The lowest BCUT2D eigenvalue weighted by Crippen LogP contribution is -1.96. The van der Waals surface area contributed by atoms with Gasteiger partial charge in [0.15, 0.2) is 5.69 Å². The topological polar surface area (TPSA) is 41.7 Å². The molecular weight excluding hydrogens is 186 g/mol. The van der Waals surface area contributed by atoms with Crippen LogP contribution in [0.3, 0.4) is 0 Å². The second-order valence-electron chi connectivity index (χ2n) is 2.29. The third-order valence-electron chi connectivity index (χ3n) is 1.33. The molecule has 1 aromatic rings. The summed E-state index contributed by atoms with van der Waals surface area (Å²) in [6.45, 7) is 6.71. The molecule has 0 bridgehead atoms. The number of hydrogen-bond acceptors (Lipinski definition) is 2. The molecule has 4 heteroatoms. The molecule has 0 aliphatic rings. The van der Waals surface area contributed by atoms with Crippen molar-refractivity contribution in [1.29, 1.82) is 0 Å². The number of carboxylic acids is 1. The minimum atomic E-state index is -0.834. The summed E-state index contributed by atoms with van der Waals surface area (Å²) in [7, 11) is 0. The van der Waals surface area contributed by atoms with E-state index in [1.807, 2.05) is 0 Å². The number of carbonyl (C=O) groups is 1. The van der Waals surface area contributed by atoms with Crippen molar-refractivity contribution in [2.24, 2.45) is 0 Å². The first kappa shape index (κ1) is 9.62. The quantitative estimate of drug-likeness (QED) is 0.592. The number of thioether (sulfide) groups is 1. The molecule has 0 saturated heterocycles. The average molecular weight is 193 g/mol. The van der Waals surface area contributed by atoms with E-state index in [9.17, 15) is 4.79 Å². The Hall–Kier alpha value is -1.47. The maximum atomic E-state index is 10.2. The molecule has 0 radical (unpaired) electrons. The van der Waals surface area contributed by atoms with E-state index in [0.717, 1.165) is 4.90 Å². The van der Waals surface area contributed by atoms with Crippen molar-refractivity contribution in [3.63, 3.8) is 0 Å². The van der Waals surface area contributed by atoms with E-state index in [4.69, 9.17) is 11.7 Å². The first-order valence-electron chi connectivity index (χ1n) is 3.54. The maximum Gasteiger partial charge on any atom is 0.313 e. The molecule has 0 aliphatic carbocycles. The molecule has 0 spiro atoms. The van der Waals surface area contributed by atoms with Crippen LogP contribution in [0.4, 0.5) is 5.69 Å². The molecule has 1 rings (SSSR count). The summed E-state index contributed by atoms with van der Waals surface area (Å²) in [5.41, 5.74) is 0.569. The molecule has 0 amide bonds. The summed E-state index contributed by atoms with van der Waals surface area (Å²) in [4.78, 5) is 14.3. The van der Waals surface area contributed by atoms with Crippen molar-refractivity contribution in [3.05, 3.63) is 35.7 Å². The molecule has 0 aliphatic heterocycles. The van der Waals surface area contributed by atoms with Crippen LogP contribution in [0, 0.1) is 6.57 Å². The Kier molecular flexibility index (Phi) is 3.35. The number of carboxylic acid groups (broad SMARTS) is 1. The van der Waals surface area contributed by atoms with Gasteiger partial charge in [-0.3, -0.25) is 4.79 Å². The first-order chi connectivity index (χ1) is 6.22. The molecule has 0 unspecified atom stereocenters. The molecule has 66 valence electrons. The predicted octanol–water partition coefficient (Wildman–Crippen LogP) is 2.41. The monoisotopic (exact) mass is 193 g/mol. The highest BCUT2D eigenvalue weighted by Gasteiger charge is 1.98. The summed E-state index contributed by atoms with van der Waals surface area (Å²) in [6.07, 6.45) is 0. The zero-order chi connectivity index (χ0) is 9.68. The van der Waals surface area contributed by atoms with E-state index in [1.165, 1.54) is 11.8 Å². The van der Waals surface area contributed by atoms with Crippen LogP contribution in [0.25, 0.3) is 4.85 Å². The number of nitrogens with zero attached hydrogens (tertiary/aromatic N) is 1. The summed E-state index contributed by atoms with van der Waals surface area (Å²) < 4.78 is 0. The van der Waals surface area contributed by atoms with Crippen molar-refractivity contribution in [2.75, 3.05) is 5.75 Å². The van der Waals surface area contributed by atoms with Crippen LogP contribution in [0.2, 0.25) is 0 Å². The second-order valence-corrected chi connectivity index (χ2v) is 3.34. The molecule has 13 heavy (non-hydrogen) atoms. The van der Waals surface area contributed by atoms with Gasteiger partial charge in [0.25, 0.3) is 0 Å². The molecular formula is C9H7NO2S. The average Bonchev–Trinajstić information content (AvgIpc) is 2.15. The number of aliphatic carboxylic acids is 1. The SMILES string of the molecule is [C-]#[N+]c1ccc(SCC(=O)O)cc1. The summed E-state index contributed by atoms with van der Waals surface area (Å²) in [5, 5.41) is 8.41. The Morgan fingerprint density at radius 1 is 1.46 bits per heavy atom. The highest BCUT2D eigenvalue weighted by Crippen LogP contribution is 2.21. The summed E-state index contributed by atoms with van der Waals surface area (Å²) >= 11 is 1.25. The normalized spacial score (nSPS) is 9.15. The van der Waals surface area contributed by atoms with Gasteiger partial charge in [-0.25, -0.2) is 4.85 Å². The Balaban J connectivity index is 2.60. The van der Waals surface area contributed by atoms with Gasteiger partial charge in [-0.15, -0.1) is 11.8 Å². The van der Waals surface area contributed by atoms with E-state index in [-0.39, 0.29) is 5.75 Å². The van der Waals surface area contributed by atoms with Gasteiger partial charge >= 0.3 is 5.97 Å². The van der Waals surface area contributed by atoms with Crippen LogP contribution >= 0.6 is 11.8 Å². The van der Waals surface area contributed by atoms with E-state index in [1.54, 1.807) is 24.3 Å². The summed E-state index contributed by atoms with van der Waals surface area (Å²) in [6, 6.07) is 6.86. The molecule has 1 aromatic carbocycles. The van der Waals surface area contributed by atoms with Gasteiger partial charge in [0.1, 0.15) is 0 Å². The van der Waals surface area contributed by atoms with Crippen molar-refractivity contribution in [2.45, 2.75) is 4.90 Å². The van der Waals surface area contributed by atoms with Crippen LogP contribution in [0.15, 0.2) is 29.2 Å². The van der Waals surface area contributed by atoms with Crippen molar-refractivity contribution < 1.29 is 9.90 Å². The molecule has 0 atom stereocenters. The third-order valence-corrected chi connectivity index (χ3v) is 2.32. The molecule has 0 heterocycles. The van der Waals surface area contributed by atoms with Crippen LogP contribution in [-0.4, -0.2) is 16.8 Å². The fourth-order valence-electron chi connectivity index (χ4n) is 0.762. The van der Waals surface area contributed by atoms with Gasteiger partial charge < -0.3 is 5.11 Å². The lowest BCUT2D eigenvalue weighted by molar-refractivity contribution is -0.133. The maximum absolute atomic E-state index is 10.2. The molecule has 0 aromatic heterocycles. The second kappa shape index (κ2) is 4.53. The van der Waals surface area contributed by atoms with Gasteiger partial charge in [0.05, 0.1) is 12.3 Å². The highest BCUT2D eigenvalue weighted by atomic mass is 32.2. The number of benzene rings is 1. The molecule has 1 N–H and O–H groups in total. The Morgan fingerprint density at radius 3 is 2.54 bits per heavy atom.